The highest BCUT2D eigenvalue weighted by Gasteiger charge is 2.22. The minimum atomic E-state index is -3.77. The third-order valence-electron chi connectivity index (χ3n) is 3.21. The second kappa shape index (κ2) is 7.31. The molecule has 1 amide bonds. The predicted octanol–water partition coefficient (Wildman–Crippen LogP) is 1.46. The van der Waals surface area contributed by atoms with E-state index in [0.717, 1.165) is 22.9 Å². The van der Waals surface area contributed by atoms with E-state index in [1.807, 2.05) is 0 Å². The largest absolute Gasteiger partial charge is 0.370 e. The molecule has 0 bridgehead atoms. The molecule has 24 heavy (non-hydrogen) atoms. The number of aromatic nitrogens is 2. The van der Waals surface area contributed by atoms with Crippen LogP contribution in [0.15, 0.2) is 15.7 Å². The third kappa shape index (κ3) is 4.03. The Balaban J connectivity index is 1.61. The zero-order chi connectivity index (χ0) is 17.2. The number of carbonyl (C=O) groups is 1. The maximum absolute atomic E-state index is 12.2. The van der Waals surface area contributed by atoms with Crippen molar-refractivity contribution in [3.63, 3.8) is 0 Å². The van der Waals surface area contributed by atoms with Crippen molar-refractivity contribution in [3.05, 3.63) is 22.3 Å². The molecule has 3 heterocycles. The van der Waals surface area contributed by atoms with Gasteiger partial charge >= 0.3 is 0 Å². The fraction of sp³-hybridized carbons (Fsp3) is 0.417. The van der Waals surface area contributed by atoms with E-state index in [-0.39, 0.29) is 26.9 Å². The van der Waals surface area contributed by atoms with Crippen LogP contribution in [0.3, 0.4) is 0 Å². The van der Waals surface area contributed by atoms with Crippen LogP contribution in [0.25, 0.3) is 0 Å². The zero-order valence-electron chi connectivity index (χ0n) is 12.3. The number of nitrogens with one attached hydrogen (secondary N) is 1. The molecule has 0 radical (unpaired) electrons. The number of carbonyl (C=O) groups excluding carboxylic acids is 1. The highest BCUT2D eigenvalue weighted by molar-refractivity contribution is 7.95. The van der Waals surface area contributed by atoms with Gasteiger partial charge in [0.1, 0.15) is 12.4 Å². The van der Waals surface area contributed by atoms with E-state index in [1.165, 1.54) is 6.07 Å². The lowest BCUT2D eigenvalue weighted by molar-refractivity contribution is -0.142. The smallest absolute Gasteiger partial charge is 0.274 e. The molecule has 1 aliphatic rings. The quantitative estimate of drug-likeness (QED) is 0.776. The second-order valence-corrected chi connectivity index (χ2v) is 8.81. The van der Waals surface area contributed by atoms with Crippen molar-refractivity contribution in [2.45, 2.75) is 10.6 Å². The number of amides is 1. The molecule has 2 aromatic heterocycles. The molecule has 12 heteroatoms. The molecule has 1 aliphatic heterocycles. The Hall–Kier alpha value is -1.27. The van der Waals surface area contributed by atoms with E-state index < -0.39 is 10.0 Å². The van der Waals surface area contributed by atoms with Gasteiger partial charge in [0.15, 0.2) is 4.21 Å². The molecule has 0 aliphatic carbocycles. The average molecular weight is 409 g/mol. The van der Waals surface area contributed by atoms with E-state index >= 15 is 0 Å². The Bertz CT molecular complexity index is 835. The van der Waals surface area contributed by atoms with E-state index in [4.69, 9.17) is 16.3 Å². The van der Waals surface area contributed by atoms with Crippen molar-refractivity contribution < 1.29 is 17.9 Å². The van der Waals surface area contributed by atoms with Crippen LogP contribution in [0.1, 0.15) is 5.82 Å². The number of morpholine rings is 1. The molecular weight excluding hydrogens is 396 g/mol. The Morgan fingerprint density at radius 3 is 3.00 bits per heavy atom. The lowest BCUT2D eigenvalue weighted by atomic mass is 10.3. The summed E-state index contributed by atoms with van der Waals surface area (Å²) in [6.45, 7) is 1.63. The molecule has 2 aromatic rings. The number of ether oxygens (including phenoxy) is 1. The highest BCUT2D eigenvalue weighted by atomic mass is 35.5. The summed E-state index contributed by atoms with van der Waals surface area (Å²) >= 11 is 7.83. The normalized spacial score (nSPS) is 15.7. The Morgan fingerprint density at radius 1 is 1.46 bits per heavy atom. The number of thiophene rings is 1. The van der Waals surface area contributed by atoms with Gasteiger partial charge in [-0.05, 0) is 11.4 Å². The molecular formula is C12H13ClN4O4S3. The topological polar surface area (TPSA) is 101 Å². The van der Waals surface area contributed by atoms with Gasteiger partial charge in [0.25, 0.3) is 10.0 Å². The van der Waals surface area contributed by atoms with Crippen molar-refractivity contribution in [1.82, 2.24) is 14.3 Å². The van der Waals surface area contributed by atoms with Gasteiger partial charge in [-0.25, -0.2) is 13.4 Å². The van der Waals surface area contributed by atoms with E-state index in [2.05, 4.69) is 14.1 Å². The molecule has 3 rings (SSSR count). The number of hydrogen-bond donors (Lipinski definition) is 1. The summed E-state index contributed by atoms with van der Waals surface area (Å²) in [7, 11) is -3.77. The monoisotopic (exact) mass is 408 g/mol. The van der Waals surface area contributed by atoms with Gasteiger partial charge in [-0.3, -0.25) is 9.52 Å². The van der Waals surface area contributed by atoms with Gasteiger partial charge in [0.2, 0.25) is 11.0 Å². The molecule has 1 N–H and O–H groups in total. The van der Waals surface area contributed by atoms with Gasteiger partial charge in [-0.2, -0.15) is 4.37 Å². The van der Waals surface area contributed by atoms with Gasteiger partial charge in [0, 0.05) is 31.0 Å². The molecule has 0 saturated carbocycles. The van der Waals surface area contributed by atoms with Gasteiger partial charge in [-0.15, -0.1) is 11.3 Å². The SMILES string of the molecule is O=C1COCCN1CCc1nsc(NS(=O)(=O)c2sccc2Cl)n1. The fourth-order valence-corrected chi connectivity index (χ4v) is 5.58. The summed E-state index contributed by atoms with van der Waals surface area (Å²) in [5.41, 5.74) is 0. The molecule has 8 nitrogen and oxygen atoms in total. The van der Waals surface area contributed by atoms with E-state index in [1.54, 1.807) is 10.3 Å². The first-order chi connectivity index (χ1) is 11.5. The minimum absolute atomic E-state index is 0.0415. The standard InChI is InChI=1S/C12H13ClN4O4S3/c13-8-2-6-22-11(8)24(19,20)16-12-14-9(15-23-12)1-3-17-4-5-21-7-10(17)18/h2,6H,1,3-5,7H2,(H,14,15,16). The van der Waals surface area contributed by atoms with Crippen LogP contribution in [0.2, 0.25) is 5.02 Å². The lowest BCUT2D eigenvalue weighted by Gasteiger charge is -2.26. The van der Waals surface area contributed by atoms with Crippen molar-refractivity contribution in [2.75, 3.05) is 31.0 Å². The summed E-state index contributed by atoms with van der Waals surface area (Å²) in [6.07, 6.45) is 0.448. The third-order valence-corrected chi connectivity index (χ3v) is 7.37. The van der Waals surface area contributed by atoms with Crippen molar-refractivity contribution in [1.29, 1.82) is 0 Å². The molecule has 0 spiro atoms. The summed E-state index contributed by atoms with van der Waals surface area (Å²) in [6, 6.07) is 1.52. The highest BCUT2D eigenvalue weighted by Crippen LogP contribution is 2.29. The maximum Gasteiger partial charge on any atom is 0.274 e. The molecule has 0 atom stereocenters. The molecule has 0 unspecified atom stereocenters. The van der Waals surface area contributed by atoms with Gasteiger partial charge in [-0.1, -0.05) is 11.6 Å². The van der Waals surface area contributed by atoms with E-state index in [9.17, 15) is 13.2 Å². The van der Waals surface area contributed by atoms with Crippen LogP contribution in [-0.2, 0) is 26.0 Å². The Labute approximate surface area is 151 Å². The Kier molecular flexibility index (Phi) is 5.35. The maximum atomic E-state index is 12.2. The summed E-state index contributed by atoms with van der Waals surface area (Å²) < 4.78 is 36.0. The number of hydrogen-bond acceptors (Lipinski definition) is 8. The van der Waals surface area contributed by atoms with Gasteiger partial charge in [0.05, 0.1) is 11.6 Å². The van der Waals surface area contributed by atoms with Crippen LogP contribution in [0, 0.1) is 0 Å². The number of anilines is 1. The summed E-state index contributed by atoms with van der Waals surface area (Å²) in [4.78, 5) is 17.5. The summed E-state index contributed by atoms with van der Waals surface area (Å²) in [5.74, 6) is 0.416. The number of rotatable bonds is 6. The fourth-order valence-electron chi connectivity index (χ4n) is 2.05. The first-order valence-corrected chi connectivity index (χ1v) is 10.4. The van der Waals surface area contributed by atoms with Crippen LogP contribution >= 0.6 is 34.5 Å². The predicted molar refractivity (Wildman–Crippen MR) is 91.1 cm³/mol. The van der Waals surface area contributed by atoms with Crippen LogP contribution < -0.4 is 4.72 Å². The molecule has 1 fully saturated rings. The molecule has 130 valence electrons. The first-order valence-electron chi connectivity index (χ1n) is 6.89. The number of sulfonamides is 1. The number of halogens is 1. The first kappa shape index (κ1) is 17.5. The van der Waals surface area contributed by atoms with Gasteiger partial charge < -0.3 is 9.64 Å². The average Bonchev–Trinajstić information content (AvgIpc) is 3.15. The van der Waals surface area contributed by atoms with Crippen molar-refractivity contribution >= 4 is 55.5 Å². The Morgan fingerprint density at radius 2 is 2.29 bits per heavy atom. The van der Waals surface area contributed by atoms with Crippen molar-refractivity contribution in [3.8, 4) is 0 Å². The molecule has 1 saturated heterocycles. The van der Waals surface area contributed by atoms with E-state index in [0.29, 0.717) is 31.9 Å². The minimum Gasteiger partial charge on any atom is -0.370 e. The lowest BCUT2D eigenvalue weighted by Crippen LogP contribution is -2.42. The van der Waals surface area contributed by atoms with Crippen LogP contribution in [0.4, 0.5) is 5.13 Å². The second-order valence-electron chi connectivity index (χ2n) is 4.86. The zero-order valence-corrected chi connectivity index (χ0v) is 15.5. The van der Waals surface area contributed by atoms with Crippen molar-refractivity contribution in [2.24, 2.45) is 0 Å². The summed E-state index contributed by atoms with van der Waals surface area (Å²) in [5, 5.41) is 1.94. The molecule has 0 aromatic carbocycles. The van der Waals surface area contributed by atoms with Crippen LogP contribution in [-0.4, -0.2) is 54.9 Å². The van der Waals surface area contributed by atoms with Crippen LogP contribution in [0.5, 0.6) is 0 Å². The number of nitrogens with zero attached hydrogens (tertiary/aromatic N) is 3.